The third kappa shape index (κ3) is 8.92. The average Bonchev–Trinajstić information content (AvgIpc) is 2.91. The van der Waals surface area contributed by atoms with Gasteiger partial charge in [-0.15, -0.1) is 0 Å². The molecule has 9 nitrogen and oxygen atoms in total. The molecule has 0 radical (unpaired) electrons. The molecule has 210 valence electrons. The number of hydrogen-bond donors (Lipinski definition) is 0. The summed E-state index contributed by atoms with van der Waals surface area (Å²) >= 11 is 6.64. The van der Waals surface area contributed by atoms with Crippen LogP contribution in [0.5, 0.6) is 11.5 Å². The summed E-state index contributed by atoms with van der Waals surface area (Å²) in [6.07, 6.45) is 1.35. The number of likely N-dealkylation sites (N-methyl/N-ethyl adjacent to an activating group) is 2. The fraction of sp³-hybridized carbons (Fsp3) is 0.414. The van der Waals surface area contributed by atoms with E-state index in [0.717, 1.165) is 22.6 Å². The van der Waals surface area contributed by atoms with E-state index in [1.165, 1.54) is 4.90 Å². The van der Waals surface area contributed by atoms with Crippen molar-refractivity contribution in [1.82, 2.24) is 14.9 Å². The number of hydrogen-bond acceptors (Lipinski definition) is 8. The number of benzene rings is 2. The zero-order valence-corrected chi connectivity index (χ0v) is 24.5. The zero-order valence-electron chi connectivity index (χ0n) is 23.8. The Labute approximate surface area is 236 Å². The van der Waals surface area contributed by atoms with Gasteiger partial charge in [-0.2, -0.15) is 0 Å². The van der Waals surface area contributed by atoms with Gasteiger partial charge in [0.2, 0.25) is 0 Å². The van der Waals surface area contributed by atoms with Crippen molar-refractivity contribution in [2.45, 2.75) is 39.5 Å². The molecule has 2 aromatic carbocycles. The number of nitrogens with zero attached hydrogens (tertiary/aromatic N) is 5. The monoisotopic (exact) mass is 555 g/mol. The van der Waals surface area contributed by atoms with Gasteiger partial charge in [0, 0.05) is 40.3 Å². The minimum absolute atomic E-state index is 0.282. The second-order valence-corrected chi connectivity index (χ2v) is 10.6. The molecule has 1 heterocycles. The van der Waals surface area contributed by atoms with Gasteiger partial charge in [-0.3, -0.25) is 0 Å². The number of aromatic nitrogens is 2. The molecule has 3 rings (SSSR count). The topological polar surface area (TPSA) is 80.3 Å². The molecule has 0 saturated carbocycles. The van der Waals surface area contributed by atoms with E-state index >= 15 is 0 Å². The summed E-state index contributed by atoms with van der Waals surface area (Å²) in [4.78, 5) is 27.1. The Morgan fingerprint density at radius 2 is 1.38 bits per heavy atom. The fourth-order valence-electron chi connectivity index (χ4n) is 3.72. The Kier molecular flexibility index (Phi) is 10.2. The van der Waals surface area contributed by atoms with Crippen molar-refractivity contribution >= 4 is 29.3 Å². The van der Waals surface area contributed by atoms with Gasteiger partial charge in [0.15, 0.2) is 11.0 Å². The van der Waals surface area contributed by atoms with E-state index in [2.05, 4.69) is 9.88 Å². The summed E-state index contributed by atoms with van der Waals surface area (Å²) in [5.74, 6) is 2.78. The lowest BCUT2D eigenvalue weighted by atomic mass is 10.1. The Morgan fingerprint density at radius 1 is 0.872 bits per heavy atom. The average molecular weight is 556 g/mol. The van der Waals surface area contributed by atoms with Crippen LogP contribution < -0.4 is 19.3 Å². The third-order valence-corrected chi connectivity index (χ3v) is 6.18. The summed E-state index contributed by atoms with van der Waals surface area (Å²) in [6, 6.07) is 15.8. The molecule has 10 heteroatoms. The Balaban J connectivity index is 1.76. The van der Waals surface area contributed by atoms with Crippen molar-refractivity contribution in [3.05, 3.63) is 71.0 Å². The number of rotatable bonds is 11. The molecule has 0 atom stereocenters. The van der Waals surface area contributed by atoms with Crippen molar-refractivity contribution < 1.29 is 19.0 Å². The maximum atomic E-state index is 12.3. The molecule has 0 aliphatic rings. The lowest BCUT2D eigenvalue weighted by molar-refractivity contribution is 0.0303. The summed E-state index contributed by atoms with van der Waals surface area (Å²) in [7, 11) is 6.87. The molecule has 3 aromatic rings. The van der Waals surface area contributed by atoms with E-state index in [1.807, 2.05) is 81.2 Å². The minimum atomic E-state index is -0.550. The first-order chi connectivity index (χ1) is 18.5. The smallest absolute Gasteiger partial charge is 0.410 e. The molecule has 0 unspecified atom stereocenters. The number of halogens is 1. The van der Waals surface area contributed by atoms with Gasteiger partial charge in [0.25, 0.3) is 0 Å². The lowest BCUT2D eigenvalue weighted by Gasteiger charge is -2.27. The highest BCUT2D eigenvalue weighted by atomic mass is 35.5. The number of ether oxygens (including phenoxy) is 3. The molecule has 0 aliphatic carbocycles. The van der Waals surface area contributed by atoms with Crippen LogP contribution in [-0.2, 0) is 17.8 Å². The SMILES string of the molecule is COc1ccc(CN(Cc2ccc(OC)cc2)c2cnc(N(C)CCN(C)C(=O)OC(C)(C)C)c(Cl)n2)cc1. The Hall–Kier alpha value is -3.72. The van der Waals surface area contributed by atoms with E-state index in [9.17, 15) is 4.79 Å². The molecule has 0 saturated heterocycles. The maximum absolute atomic E-state index is 12.3. The van der Waals surface area contributed by atoms with Crippen LogP contribution in [0.4, 0.5) is 16.4 Å². The minimum Gasteiger partial charge on any atom is -0.497 e. The molecular weight excluding hydrogens is 518 g/mol. The fourth-order valence-corrected chi connectivity index (χ4v) is 4.00. The highest BCUT2D eigenvalue weighted by Gasteiger charge is 2.21. The summed E-state index contributed by atoms with van der Waals surface area (Å²) in [5.41, 5.74) is 1.63. The Bertz CT molecular complexity index is 1170. The van der Waals surface area contributed by atoms with Crippen LogP contribution >= 0.6 is 11.6 Å². The van der Waals surface area contributed by atoms with Crippen LogP contribution in [0.1, 0.15) is 31.9 Å². The van der Waals surface area contributed by atoms with Crippen molar-refractivity contribution in [3.8, 4) is 11.5 Å². The maximum Gasteiger partial charge on any atom is 0.410 e. The highest BCUT2D eigenvalue weighted by Crippen LogP contribution is 2.26. The van der Waals surface area contributed by atoms with Gasteiger partial charge < -0.3 is 28.9 Å². The van der Waals surface area contributed by atoms with Crippen LogP contribution in [0.3, 0.4) is 0 Å². The number of carbonyl (C=O) groups excluding carboxylic acids is 1. The highest BCUT2D eigenvalue weighted by molar-refractivity contribution is 6.31. The first-order valence-corrected chi connectivity index (χ1v) is 13.1. The van der Waals surface area contributed by atoms with Crippen molar-refractivity contribution in [2.24, 2.45) is 0 Å². The standard InChI is InChI=1S/C29H38ClN5O4/c1-29(2,3)39-28(36)34(5)17-16-33(4)27-26(30)32-25(18-31-27)35(19-21-8-12-23(37-6)13-9-21)20-22-10-14-24(38-7)15-11-22/h8-15,18H,16-17,19-20H2,1-7H3. The van der Waals surface area contributed by atoms with Crippen LogP contribution in [0, 0.1) is 0 Å². The van der Waals surface area contributed by atoms with E-state index in [1.54, 1.807) is 27.5 Å². The lowest BCUT2D eigenvalue weighted by Crippen LogP contribution is -2.38. The quantitative estimate of drug-likeness (QED) is 0.300. The second kappa shape index (κ2) is 13.4. The number of methoxy groups -OCH3 is 2. The normalized spacial score (nSPS) is 11.1. The van der Waals surface area contributed by atoms with E-state index in [4.69, 9.17) is 30.8 Å². The third-order valence-electron chi connectivity index (χ3n) is 5.93. The predicted octanol–water partition coefficient (Wildman–Crippen LogP) is 5.66. The van der Waals surface area contributed by atoms with E-state index in [0.29, 0.717) is 37.8 Å². The van der Waals surface area contributed by atoms with E-state index in [-0.39, 0.29) is 11.2 Å². The zero-order chi connectivity index (χ0) is 28.6. The van der Waals surface area contributed by atoms with Crippen LogP contribution in [-0.4, -0.2) is 68.0 Å². The molecule has 0 fully saturated rings. The van der Waals surface area contributed by atoms with Gasteiger partial charge in [-0.1, -0.05) is 35.9 Å². The van der Waals surface area contributed by atoms with Crippen LogP contribution in [0.2, 0.25) is 5.15 Å². The van der Waals surface area contributed by atoms with Gasteiger partial charge in [0.1, 0.15) is 22.9 Å². The molecule has 0 bridgehead atoms. The summed E-state index contributed by atoms with van der Waals surface area (Å²) in [5, 5.41) is 0.282. The molecule has 0 spiro atoms. The predicted molar refractivity (Wildman–Crippen MR) is 155 cm³/mol. The molecule has 1 amide bonds. The molecule has 1 aromatic heterocycles. The number of carbonyl (C=O) groups is 1. The van der Waals surface area contributed by atoms with Crippen LogP contribution in [0.25, 0.3) is 0 Å². The first-order valence-electron chi connectivity index (χ1n) is 12.7. The largest absolute Gasteiger partial charge is 0.497 e. The van der Waals surface area contributed by atoms with E-state index < -0.39 is 5.60 Å². The Morgan fingerprint density at radius 3 is 1.82 bits per heavy atom. The van der Waals surface area contributed by atoms with Gasteiger partial charge in [0.05, 0.1) is 20.4 Å². The van der Waals surface area contributed by atoms with Crippen LogP contribution in [0.15, 0.2) is 54.7 Å². The number of anilines is 2. The van der Waals surface area contributed by atoms with Crippen molar-refractivity contribution in [1.29, 1.82) is 0 Å². The molecular formula is C29H38ClN5O4. The van der Waals surface area contributed by atoms with Gasteiger partial charge in [-0.05, 0) is 56.2 Å². The van der Waals surface area contributed by atoms with Gasteiger partial charge in [-0.25, -0.2) is 14.8 Å². The molecule has 39 heavy (non-hydrogen) atoms. The van der Waals surface area contributed by atoms with Crippen molar-refractivity contribution in [3.63, 3.8) is 0 Å². The molecule has 0 N–H and O–H groups in total. The summed E-state index contributed by atoms with van der Waals surface area (Å²) in [6.45, 7) is 7.65. The second-order valence-electron chi connectivity index (χ2n) is 10.2. The molecule has 0 aliphatic heterocycles. The van der Waals surface area contributed by atoms with Crippen molar-refractivity contribution in [2.75, 3.05) is 51.2 Å². The number of amides is 1. The first kappa shape index (κ1) is 29.8. The summed E-state index contributed by atoms with van der Waals surface area (Å²) < 4.78 is 16.0. The van der Waals surface area contributed by atoms with Gasteiger partial charge >= 0.3 is 6.09 Å².